The Morgan fingerprint density at radius 3 is 2.53 bits per heavy atom. The van der Waals surface area contributed by atoms with Crippen LogP contribution in [0.3, 0.4) is 0 Å². The predicted octanol–water partition coefficient (Wildman–Crippen LogP) is -0.0121. The number of hydrogen-bond donors (Lipinski definition) is 1. The van der Waals surface area contributed by atoms with Gasteiger partial charge in [0.2, 0.25) is 5.78 Å². The monoisotopic (exact) mass is 233 g/mol. The number of nitrogens with one attached hydrogen (secondary N) is 1. The molecule has 0 fully saturated rings. The predicted molar refractivity (Wildman–Crippen MR) is 57.6 cm³/mol. The molecule has 0 heterocycles. The Morgan fingerprint density at radius 2 is 2.00 bits per heavy atom. The summed E-state index contributed by atoms with van der Waals surface area (Å²) < 4.78 is 4.42. The summed E-state index contributed by atoms with van der Waals surface area (Å²) in [6.07, 6.45) is 2.47. The Kier molecular flexibility index (Phi) is 7.71. The number of thioether (sulfide) groups is 1. The fourth-order valence-electron chi connectivity index (χ4n) is 0.832. The fraction of sp³-hybridized carbons (Fsp3) is 0.667. The molecule has 0 saturated heterocycles. The summed E-state index contributed by atoms with van der Waals surface area (Å²) >= 11 is 1.30. The Balaban J connectivity index is 3.55. The van der Waals surface area contributed by atoms with E-state index in [1.54, 1.807) is 6.26 Å². The molecule has 5 nitrogen and oxygen atoms in total. The van der Waals surface area contributed by atoms with E-state index in [2.05, 4.69) is 10.1 Å². The zero-order chi connectivity index (χ0) is 11.7. The Bertz CT molecular complexity index is 242. The van der Waals surface area contributed by atoms with Crippen molar-refractivity contribution in [3.05, 3.63) is 0 Å². The van der Waals surface area contributed by atoms with Crippen molar-refractivity contribution < 1.29 is 19.1 Å². The van der Waals surface area contributed by atoms with E-state index < -0.39 is 11.7 Å². The molecule has 0 aromatic heterocycles. The number of esters is 1. The lowest BCUT2D eigenvalue weighted by molar-refractivity contribution is -0.140. The van der Waals surface area contributed by atoms with Gasteiger partial charge in [0.25, 0.3) is 5.91 Å². The molecule has 0 atom stereocenters. The maximum absolute atomic E-state index is 11.1. The second-order valence-electron chi connectivity index (χ2n) is 2.79. The van der Waals surface area contributed by atoms with Gasteiger partial charge in [0.1, 0.15) is 0 Å². The third kappa shape index (κ3) is 6.96. The van der Waals surface area contributed by atoms with Crippen molar-refractivity contribution >= 4 is 29.4 Å². The smallest absolute Gasteiger partial charge is 0.305 e. The van der Waals surface area contributed by atoms with Gasteiger partial charge in [-0.2, -0.15) is 11.8 Å². The number of amides is 1. The minimum Gasteiger partial charge on any atom is -0.469 e. The van der Waals surface area contributed by atoms with Gasteiger partial charge in [0.15, 0.2) is 0 Å². The molecule has 0 unspecified atom stereocenters. The molecular weight excluding hydrogens is 218 g/mol. The molecule has 0 bridgehead atoms. The molecule has 0 aliphatic heterocycles. The first-order chi connectivity index (χ1) is 7.11. The number of methoxy groups -OCH3 is 1. The van der Waals surface area contributed by atoms with Crippen LogP contribution < -0.4 is 5.32 Å². The summed E-state index contributed by atoms with van der Waals surface area (Å²) in [4.78, 5) is 32.7. The summed E-state index contributed by atoms with van der Waals surface area (Å²) in [6, 6.07) is 0. The van der Waals surface area contributed by atoms with Crippen LogP contribution in [0.5, 0.6) is 0 Å². The third-order valence-corrected chi connectivity index (χ3v) is 2.15. The first kappa shape index (κ1) is 14.0. The first-order valence-electron chi connectivity index (χ1n) is 4.48. The minimum atomic E-state index is -0.589. The van der Waals surface area contributed by atoms with Crippen LogP contribution in [0.1, 0.15) is 12.8 Å². The lowest BCUT2D eigenvalue weighted by Gasteiger charge is -2.02. The maximum atomic E-state index is 11.1. The van der Waals surface area contributed by atoms with E-state index in [9.17, 15) is 14.4 Å². The molecule has 0 radical (unpaired) electrons. The molecule has 1 amide bonds. The van der Waals surface area contributed by atoms with Gasteiger partial charge in [-0.15, -0.1) is 0 Å². The van der Waals surface area contributed by atoms with Crippen molar-refractivity contribution in [3.8, 4) is 0 Å². The number of rotatable bonds is 7. The Hall–Kier alpha value is -1.04. The average molecular weight is 233 g/mol. The fourth-order valence-corrected chi connectivity index (χ4v) is 1.23. The highest BCUT2D eigenvalue weighted by Gasteiger charge is 2.11. The van der Waals surface area contributed by atoms with Crippen LogP contribution >= 0.6 is 11.8 Å². The van der Waals surface area contributed by atoms with E-state index in [4.69, 9.17) is 0 Å². The van der Waals surface area contributed by atoms with E-state index in [0.717, 1.165) is 0 Å². The molecule has 0 saturated carbocycles. The molecule has 15 heavy (non-hydrogen) atoms. The summed E-state index contributed by atoms with van der Waals surface area (Å²) in [5, 5.41) is 2.44. The maximum Gasteiger partial charge on any atom is 0.305 e. The van der Waals surface area contributed by atoms with Crippen molar-refractivity contribution in [1.82, 2.24) is 5.32 Å². The summed E-state index contributed by atoms with van der Waals surface area (Å²) in [7, 11) is 1.31. The van der Waals surface area contributed by atoms with Gasteiger partial charge < -0.3 is 10.1 Å². The van der Waals surface area contributed by atoms with E-state index >= 15 is 0 Å². The second-order valence-corrected chi connectivity index (χ2v) is 3.66. The highest BCUT2D eigenvalue weighted by Crippen LogP contribution is 1.93. The number of ether oxygens (including phenoxy) is 1. The van der Waals surface area contributed by atoms with Crippen LogP contribution in [0, 0.1) is 0 Å². The van der Waals surface area contributed by atoms with Crippen LogP contribution in [0.25, 0.3) is 0 Å². The molecule has 0 aliphatic rings. The number of carbonyl (C=O) groups excluding carboxylic acids is 3. The minimum absolute atomic E-state index is 0.183. The lowest BCUT2D eigenvalue weighted by atomic mass is 10.3. The van der Waals surface area contributed by atoms with E-state index in [-0.39, 0.29) is 18.1 Å². The zero-order valence-electron chi connectivity index (χ0n) is 8.87. The molecule has 86 valence electrons. The van der Waals surface area contributed by atoms with Crippen molar-refractivity contribution in [2.75, 3.05) is 25.7 Å². The molecular formula is C9H15NO4S. The first-order valence-corrected chi connectivity index (χ1v) is 5.88. The largest absolute Gasteiger partial charge is 0.469 e. The highest BCUT2D eigenvalue weighted by molar-refractivity contribution is 7.99. The van der Waals surface area contributed by atoms with Crippen LogP contribution in [0.15, 0.2) is 0 Å². The molecule has 0 rings (SSSR count). The number of carbonyl (C=O) groups is 3. The molecule has 1 N–H and O–H groups in total. The summed E-state index contributed by atoms with van der Waals surface area (Å²) in [5.74, 6) is -1.17. The van der Waals surface area contributed by atoms with E-state index in [1.165, 1.54) is 18.9 Å². The van der Waals surface area contributed by atoms with Crippen molar-refractivity contribution in [2.45, 2.75) is 12.8 Å². The quantitative estimate of drug-likeness (QED) is 0.380. The third-order valence-electron chi connectivity index (χ3n) is 1.60. The van der Waals surface area contributed by atoms with E-state index in [1.807, 2.05) is 0 Å². The van der Waals surface area contributed by atoms with Crippen molar-refractivity contribution in [3.63, 3.8) is 0 Å². The highest BCUT2D eigenvalue weighted by atomic mass is 32.2. The molecule has 0 aromatic carbocycles. The van der Waals surface area contributed by atoms with Crippen LogP contribution in [0.4, 0.5) is 0 Å². The lowest BCUT2D eigenvalue weighted by Crippen LogP contribution is -2.33. The standard InChI is InChI=1S/C9H15NO4S/c1-14-8(12)4-3-5-10-9(13)7(11)6-15-2/h3-6H2,1-2H3,(H,10,13). The average Bonchev–Trinajstić information content (AvgIpc) is 2.23. The van der Waals surface area contributed by atoms with Crippen LogP contribution in [-0.2, 0) is 19.1 Å². The SMILES string of the molecule is COC(=O)CCCNC(=O)C(=O)CSC. The van der Waals surface area contributed by atoms with Gasteiger partial charge in [-0.1, -0.05) is 0 Å². The Labute approximate surface area is 92.9 Å². The number of ketones is 1. The normalized spacial score (nSPS) is 9.47. The van der Waals surface area contributed by atoms with Gasteiger partial charge in [-0.25, -0.2) is 0 Å². The molecule has 0 aliphatic carbocycles. The van der Waals surface area contributed by atoms with Crippen LogP contribution in [0.2, 0.25) is 0 Å². The van der Waals surface area contributed by atoms with E-state index in [0.29, 0.717) is 13.0 Å². The topological polar surface area (TPSA) is 72.5 Å². The number of Topliss-reactive ketones (excluding diaryl/α,β-unsaturated/α-hetero) is 1. The van der Waals surface area contributed by atoms with Gasteiger partial charge in [0, 0.05) is 13.0 Å². The summed E-state index contributed by atoms with van der Waals surface area (Å²) in [6.45, 7) is 0.314. The number of hydrogen-bond acceptors (Lipinski definition) is 5. The van der Waals surface area contributed by atoms with Crippen LogP contribution in [-0.4, -0.2) is 43.3 Å². The van der Waals surface area contributed by atoms with Crippen molar-refractivity contribution in [2.24, 2.45) is 0 Å². The van der Waals surface area contributed by atoms with Gasteiger partial charge >= 0.3 is 5.97 Å². The Morgan fingerprint density at radius 1 is 1.33 bits per heavy atom. The summed E-state index contributed by atoms with van der Waals surface area (Å²) in [5.41, 5.74) is 0. The zero-order valence-corrected chi connectivity index (χ0v) is 9.69. The molecule has 6 heteroatoms. The van der Waals surface area contributed by atoms with Gasteiger partial charge in [0.05, 0.1) is 12.9 Å². The van der Waals surface area contributed by atoms with Gasteiger partial charge in [-0.05, 0) is 12.7 Å². The van der Waals surface area contributed by atoms with Gasteiger partial charge in [-0.3, -0.25) is 14.4 Å². The molecule has 0 spiro atoms. The molecule has 0 aromatic rings. The second kappa shape index (κ2) is 8.28. The van der Waals surface area contributed by atoms with Crippen molar-refractivity contribution in [1.29, 1.82) is 0 Å².